The van der Waals surface area contributed by atoms with E-state index in [9.17, 15) is 5.11 Å². The number of ether oxygens (including phenoxy) is 1. The summed E-state index contributed by atoms with van der Waals surface area (Å²) in [7, 11) is 0. The van der Waals surface area contributed by atoms with E-state index in [2.05, 4.69) is 4.98 Å². The fourth-order valence-corrected chi connectivity index (χ4v) is 3.18. The van der Waals surface area contributed by atoms with Crippen LogP contribution in [0.25, 0.3) is 0 Å². The first-order chi connectivity index (χ1) is 7.07. The van der Waals surface area contributed by atoms with Crippen LogP contribution in [0.2, 0.25) is 0 Å². The van der Waals surface area contributed by atoms with E-state index >= 15 is 0 Å². The van der Waals surface area contributed by atoms with Gasteiger partial charge in [0, 0.05) is 30.3 Å². The Kier molecular flexibility index (Phi) is 3.09. The number of aromatic nitrogens is 1. The molecule has 0 aromatic carbocycles. The number of hydrogen-bond acceptors (Lipinski definition) is 4. The van der Waals surface area contributed by atoms with Crippen molar-refractivity contribution in [2.75, 3.05) is 0 Å². The molecule has 0 amide bonds. The van der Waals surface area contributed by atoms with Crippen molar-refractivity contribution in [2.24, 2.45) is 0 Å². The highest BCUT2D eigenvalue weighted by Crippen LogP contribution is 2.32. The molecule has 0 bridgehead atoms. The monoisotopic (exact) mass is 227 g/mol. The third kappa shape index (κ3) is 2.77. The summed E-state index contributed by atoms with van der Waals surface area (Å²) >= 11 is 1.61. The Morgan fingerprint density at radius 3 is 2.73 bits per heavy atom. The van der Waals surface area contributed by atoms with Gasteiger partial charge in [-0.15, -0.1) is 11.3 Å². The van der Waals surface area contributed by atoms with Crippen LogP contribution in [0.15, 0.2) is 11.7 Å². The average Bonchev–Trinajstić information content (AvgIpc) is 2.52. The Labute approximate surface area is 94.1 Å². The topological polar surface area (TPSA) is 42.4 Å². The standard InChI is InChI=1S/C11H17NO2S/c1-8-3-11(13,4-9(2)14-8)5-10-6-12-7-15-10/h6-9,13H,3-5H2,1-2H3. The Morgan fingerprint density at radius 1 is 1.53 bits per heavy atom. The van der Waals surface area contributed by atoms with Crippen LogP contribution in [0.1, 0.15) is 31.6 Å². The molecule has 2 rings (SSSR count). The van der Waals surface area contributed by atoms with Gasteiger partial charge in [-0.25, -0.2) is 0 Å². The summed E-state index contributed by atoms with van der Waals surface area (Å²) in [6, 6.07) is 0. The summed E-state index contributed by atoms with van der Waals surface area (Å²) in [6.07, 6.45) is 4.27. The summed E-state index contributed by atoms with van der Waals surface area (Å²) < 4.78 is 5.63. The molecule has 84 valence electrons. The van der Waals surface area contributed by atoms with E-state index in [1.807, 2.05) is 25.6 Å². The first-order valence-corrected chi connectivity index (χ1v) is 6.20. The lowest BCUT2D eigenvalue weighted by Crippen LogP contribution is -2.44. The van der Waals surface area contributed by atoms with Crippen LogP contribution >= 0.6 is 11.3 Å². The fraction of sp³-hybridized carbons (Fsp3) is 0.727. The van der Waals surface area contributed by atoms with E-state index in [4.69, 9.17) is 4.74 Å². The van der Waals surface area contributed by atoms with Crippen molar-refractivity contribution in [2.45, 2.75) is 50.9 Å². The highest BCUT2D eigenvalue weighted by molar-refractivity contribution is 7.09. The van der Waals surface area contributed by atoms with Gasteiger partial charge in [-0.2, -0.15) is 0 Å². The van der Waals surface area contributed by atoms with E-state index in [1.54, 1.807) is 11.3 Å². The van der Waals surface area contributed by atoms with Crippen LogP contribution in [0.3, 0.4) is 0 Å². The van der Waals surface area contributed by atoms with Crippen LogP contribution in [0, 0.1) is 0 Å². The highest BCUT2D eigenvalue weighted by atomic mass is 32.1. The molecule has 1 aliphatic heterocycles. The second-order valence-corrected chi connectivity index (χ2v) is 5.51. The third-order valence-electron chi connectivity index (χ3n) is 2.79. The van der Waals surface area contributed by atoms with Gasteiger partial charge in [0.2, 0.25) is 0 Å². The van der Waals surface area contributed by atoms with Crippen molar-refractivity contribution < 1.29 is 9.84 Å². The van der Waals surface area contributed by atoms with Gasteiger partial charge in [0.1, 0.15) is 0 Å². The minimum atomic E-state index is -0.608. The minimum Gasteiger partial charge on any atom is -0.389 e. The molecule has 0 spiro atoms. The molecule has 0 aliphatic carbocycles. The summed E-state index contributed by atoms with van der Waals surface area (Å²) in [5.41, 5.74) is 1.20. The minimum absolute atomic E-state index is 0.145. The van der Waals surface area contributed by atoms with Gasteiger partial charge in [0.05, 0.1) is 23.3 Å². The quantitative estimate of drug-likeness (QED) is 0.840. The molecule has 4 heteroatoms. The lowest BCUT2D eigenvalue weighted by molar-refractivity contribution is -0.130. The normalized spacial score (nSPS) is 36.7. The van der Waals surface area contributed by atoms with Crippen LogP contribution < -0.4 is 0 Å². The van der Waals surface area contributed by atoms with Gasteiger partial charge in [0.25, 0.3) is 0 Å². The van der Waals surface area contributed by atoms with E-state index in [0.29, 0.717) is 6.42 Å². The van der Waals surface area contributed by atoms with Gasteiger partial charge in [-0.05, 0) is 13.8 Å². The average molecular weight is 227 g/mol. The van der Waals surface area contributed by atoms with Gasteiger partial charge >= 0.3 is 0 Å². The van der Waals surface area contributed by atoms with Crippen LogP contribution in [-0.4, -0.2) is 27.9 Å². The zero-order chi connectivity index (χ0) is 10.9. The predicted octanol–water partition coefficient (Wildman–Crippen LogP) is 2.00. The number of nitrogens with zero attached hydrogens (tertiary/aromatic N) is 1. The molecule has 1 N–H and O–H groups in total. The van der Waals surface area contributed by atoms with Gasteiger partial charge in [-0.1, -0.05) is 0 Å². The molecular weight excluding hydrogens is 210 g/mol. The smallest absolute Gasteiger partial charge is 0.0794 e. The largest absolute Gasteiger partial charge is 0.389 e. The van der Waals surface area contributed by atoms with E-state index in [-0.39, 0.29) is 12.2 Å². The first kappa shape index (κ1) is 11.0. The van der Waals surface area contributed by atoms with Crippen LogP contribution in [-0.2, 0) is 11.2 Å². The zero-order valence-corrected chi connectivity index (χ0v) is 9.96. The summed E-state index contributed by atoms with van der Waals surface area (Å²) in [5.74, 6) is 0. The molecule has 1 saturated heterocycles. The number of aliphatic hydroxyl groups is 1. The summed E-state index contributed by atoms with van der Waals surface area (Å²) in [4.78, 5) is 5.18. The second-order valence-electron chi connectivity index (χ2n) is 4.53. The van der Waals surface area contributed by atoms with Gasteiger partial charge < -0.3 is 9.84 Å². The molecule has 1 fully saturated rings. The van der Waals surface area contributed by atoms with Crippen molar-refractivity contribution >= 4 is 11.3 Å². The molecule has 2 atom stereocenters. The molecular formula is C11H17NO2S. The number of thiazole rings is 1. The summed E-state index contributed by atoms with van der Waals surface area (Å²) in [6.45, 7) is 4.04. The lowest BCUT2D eigenvalue weighted by atomic mass is 9.84. The molecule has 1 aliphatic rings. The summed E-state index contributed by atoms with van der Waals surface area (Å²) in [5, 5.41) is 10.5. The first-order valence-electron chi connectivity index (χ1n) is 5.33. The maximum Gasteiger partial charge on any atom is 0.0794 e. The van der Waals surface area contributed by atoms with E-state index in [1.165, 1.54) is 0 Å². The fourth-order valence-electron chi connectivity index (χ4n) is 2.44. The van der Waals surface area contributed by atoms with Crippen LogP contribution in [0.4, 0.5) is 0 Å². The molecule has 0 saturated carbocycles. The van der Waals surface area contributed by atoms with Crippen molar-refractivity contribution in [1.29, 1.82) is 0 Å². The number of rotatable bonds is 2. The van der Waals surface area contributed by atoms with Crippen LogP contribution in [0.5, 0.6) is 0 Å². The highest BCUT2D eigenvalue weighted by Gasteiger charge is 2.37. The molecule has 2 heterocycles. The van der Waals surface area contributed by atoms with Crippen molar-refractivity contribution in [3.8, 4) is 0 Å². The van der Waals surface area contributed by atoms with Gasteiger partial charge in [-0.3, -0.25) is 4.98 Å². The third-order valence-corrected chi connectivity index (χ3v) is 3.57. The molecule has 15 heavy (non-hydrogen) atoms. The molecule has 2 unspecified atom stereocenters. The Hall–Kier alpha value is -0.450. The Balaban J connectivity index is 2.05. The number of hydrogen-bond donors (Lipinski definition) is 1. The molecule has 1 aromatic rings. The lowest BCUT2D eigenvalue weighted by Gasteiger charge is -2.38. The maximum atomic E-state index is 10.5. The van der Waals surface area contributed by atoms with Crippen molar-refractivity contribution in [1.82, 2.24) is 4.98 Å². The van der Waals surface area contributed by atoms with Crippen molar-refractivity contribution in [3.05, 3.63) is 16.6 Å². The molecule has 1 aromatic heterocycles. The molecule has 0 radical (unpaired) electrons. The Bertz CT molecular complexity index is 302. The van der Waals surface area contributed by atoms with Crippen molar-refractivity contribution in [3.63, 3.8) is 0 Å². The van der Waals surface area contributed by atoms with E-state index < -0.39 is 5.60 Å². The Morgan fingerprint density at radius 2 is 2.20 bits per heavy atom. The van der Waals surface area contributed by atoms with E-state index in [0.717, 1.165) is 17.7 Å². The zero-order valence-electron chi connectivity index (χ0n) is 9.14. The maximum absolute atomic E-state index is 10.5. The predicted molar refractivity (Wildman–Crippen MR) is 60.0 cm³/mol. The SMILES string of the molecule is CC1CC(O)(Cc2cncs2)CC(C)O1. The second kappa shape index (κ2) is 4.20. The molecule has 3 nitrogen and oxygen atoms in total. The van der Waals surface area contributed by atoms with Gasteiger partial charge in [0.15, 0.2) is 0 Å².